The van der Waals surface area contributed by atoms with Crippen LogP contribution in [0.15, 0.2) is 65.2 Å². The van der Waals surface area contributed by atoms with Crippen molar-refractivity contribution in [2.24, 2.45) is 0 Å². The van der Waals surface area contributed by atoms with Gasteiger partial charge in [0.1, 0.15) is 0 Å². The number of hydrogen-bond acceptors (Lipinski definition) is 4. The van der Waals surface area contributed by atoms with Crippen LogP contribution < -0.4 is 5.32 Å². The van der Waals surface area contributed by atoms with Gasteiger partial charge in [0.25, 0.3) is 0 Å². The molecule has 3 aromatic rings. The molecule has 1 aliphatic rings. The Morgan fingerprint density at radius 1 is 1.04 bits per heavy atom. The van der Waals surface area contributed by atoms with Crippen LogP contribution in [0.25, 0.3) is 11.3 Å². The summed E-state index contributed by atoms with van der Waals surface area (Å²) in [5, 5.41) is 2.88. The number of benzene rings is 2. The zero-order valence-electron chi connectivity index (χ0n) is 13.8. The Hall–Kier alpha value is -2.92. The van der Waals surface area contributed by atoms with E-state index in [1.807, 2.05) is 42.5 Å². The van der Waals surface area contributed by atoms with E-state index in [0.717, 1.165) is 18.7 Å². The highest BCUT2D eigenvalue weighted by Crippen LogP contribution is 2.22. The van der Waals surface area contributed by atoms with Crippen molar-refractivity contribution in [1.82, 2.24) is 15.2 Å². The van der Waals surface area contributed by atoms with Crippen LogP contribution in [-0.2, 0) is 24.4 Å². The maximum absolute atomic E-state index is 12.2. The van der Waals surface area contributed by atoms with Gasteiger partial charge < -0.3 is 9.73 Å². The molecule has 25 heavy (non-hydrogen) atoms. The van der Waals surface area contributed by atoms with Gasteiger partial charge in [0.2, 0.25) is 11.8 Å². The highest BCUT2D eigenvalue weighted by atomic mass is 16.4. The molecular formula is C20H19N3O2. The van der Waals surface area contributed by atoms with Gasteiger partial charge in [0, 0.05) is 18.7 Å². The second kappa shape index (κ2) is 6.91. The number of nitrogens with one attached hydrogen (secondary N) is 1. The van der Waals surface area contributed by atoms with Crippen molar-refractivity contribution >= 4 is 5.91 Å². The quantitative estimate of drug-likeness (QED) is 0.780. The minimum absolute atomic E-state index is 0.0210. The smallest absolute Gasteiger partial charge is 0.234 e. The monoisotopic (exact) mass is 333 g/mol. The lowest BCUT2D eigenvalue weighted by Crippen LogP contribution is -2.34. The summed E-state index contributed by atoms with van der Waals surface area (Å²) in [6.45, 7) is 2.31. The fourth-order valence-corrected chi connectivity index (χ4v) is 3.08. The summed E-state index contributed by atoms with van der Waals surface area (Å²) < 4.78 is 5.70. The molecule has 0 spiro atoms. The maximum atomic E-state index is 12.2. The predicted octanol–water partition coefficient (Wildman–Crippen LogP) is 2.97. The molecule has 0 aliphatic carbocycles. The molecule has 126 valence electrons. The van der Waals surface area contributed by atoms with Crippen LogP contribution in [0.1, 0.15) is 17.0 Å². The summed E-state index contributed by atoms with van der Waals surface area (Å²) in [5.74, 6) is 1.20. The third kappa shape index (κ3) is 3.61. The molecule has 2 aromatic carbocycles. The molecule has 0 saturated carbocycles. The highest BCUT2D eigenvalue weighted by molar-refractivity contribution is 5.78. The minimum Gasteiger partial charge on any atom is -0.439 e. The van der Waals surface area contributed by atoms with Gasteiger partial charge in [0.15, 0.2) is 5.76 Å². The van der Waals surface area contributed by atoms with Gasteiger partial charge in [-0.3, -0.25) is 9.69 Å². The number of rotatable bonds is 5. The van der Waals surface area contributed by atoms with Crippen molar-refractivity contribution in [3.63, 3.8) is 0 Å². The number of oxazole rings is 1. The van der Waals surface area contributed by atoms with E-state index in [-0.39, 0.29) is 5.91 Å². The van der Waals surface area contributed by atoms with Gasteiger partial charge >= 0.3 is 0 Å². The Morgan fingerprint density at radius 3 is 2.44 bits per heavy atom. The Kier molecular flexibility index (Phi) is 4.31. The number of carbonyl (C=O) groups is 1. The Balaban J connectivity index is 1.29. The van der Waals surface area contributed by atoms with Crippen molar-refractivity contribution in [3.05, 3.63) is 77.8 Å². The fourth-order valence-electron chi connectivity index (χ4n) is 3.08. The predicted molar refractivity (Wildman–Crippen MR) is 94.3 cm³/mol. The topological polar surface area (TPSA) is 58.4 Å². The minimum atomic E-state index is -0.0210. The van der Waals surface area contributed by atoms with Crippen molar-refractivity contribution < 1.29 is 9.21 Å². The average Bonchev–Trinajstić information content (AvgIpc) is 3.27. The first-order chi connectivity index (χ1) is 12.3. The molecular weight excluding hydrogens is 314 g/mol. The van der Waals surface area contributed by atoms with Crippen LogP contribution in [0.3, 0.4) is 0 Å². The van der Waals surface area contributed by atoms with Crippen molar-refractivity contribution in [3.8, 4) is 11.3 Å². The number of nitrogens with zero attached hydrogens (tertiary/aromatic N) is 2. The normalized spacial score (nSPS) is 13.6. The van der Waals surface area contributed by atoms with Gasteiger partial charge in [-0.25, -0.2) is 4.98 Å². The molecule has 2 heterocycles. The van der Waals surface area contributed by atoms with E-state index < -0.39 is 0 Å². The summed E-state index contributed by atoms with van der Waals surface area (Å²) in [6.07, 6.45) is 1.69. The molecule has 0 saturated heterocycles. The fraction of sp³-hybridized carbons (Fsp3) is 0.200. The molecule has 1 aromatic heterocycles. The second-order valence-corrected chi connectivity index (χ2v) is 6.17. The van der Waals surface area contributed by atoms with Crippen molar-refractivity contribution in [2.75, 3.05) is 6.54 Å². The van der Waals surface area contributed by atoms with E-state index in [4.69, 9.17) is 4.42 Å². The first-order valence-electron chi connectivity index (χ1n) is 8.34. The van der Waals surface area contributed by atoms with Crippen LogP contribution in [0, 0.1) is 0 Å². The van der Waals surface area contributed by atoms with E-state index in [9.17, 15) is 4.79 Å². The summed E-state index contributed by atoms with van der Waals surface area (Å²) in [6, 6.07) is 18.1. The van der Waals surface area contributed by atoms with E-state index in [2.05, 4.69) is 27.3 Å². The number of carbonyl (C=O) groups excluding carboxylic acids is 1. The molecule has 1 aliphatic heterocycles. The number of aromatic nitrogens is 1. The number of amides is 1. The van der Waals surface area contributed by atoms with Gasteiger partial charge in [-0.15, -0.1) is 0 Å². The lowest BCUT2D eigenvalue weighted by Gasteiger charge is -2.13. The van der Waals surface area contributed by atoms with Crippen LogP contribution >= 0.6 is 0 Å². The zero-order valence-corrected chi connectivity index (χ0v) is 13.8. The summed E-state index contributed by atoms with van der Waals surface area (Å²) >= 11 is 0. The number of hydrogen-bond donors (Lipinski definition) is 1. The molecule has 0 fully saturated rings. The standard InChI is InChI=1S/C20H19N3O2/c24-19(14-23-12-16-8-4-5-9-17(16)13-23)21-11-20-22-10-18(25-20)15-6-2-1-3-7-15/h1-10H,11-14H2,(H,21,24). The Labute approximate surface area is 146 Å². The van der Waals surface area contributed by atoms with Crippen LogP contribution in [-0.4, -0.2) is 22.3 Å². The molecule has 0 atom stereocenters. The van der Waals surface area contributed by atoms with E-state index in [1.54, 1.807) is 6.20 Å². The molecule has 4 rings (SSSR count). The second-order valence-electron chi connectivity index (χ2n) is 6.17. The summed E-state index contributed by atoms with van der Waals surface area (Å²) in [7, 11) is 0. The van der Waals surface area contributed by atoms with E-state index in [0.29, 0.717) is 24.7 Å². The maximum Gasteiger partial charge on any atom is 0.234 e. The molecule has 1 amide bonds. The van der Waals surface area contributed by atoms with Crippen LogP contribution in [0.4, 0.5) is 0 Å². The van der Waals surface area contributed by atoms with E-state index >= 15 is 0 Å². The molecule has 1 N–H and O–H groups in total. The molecule has 0 unspecified atom stereocenters. The lowest BCUT2D eigenvalue weighted by atomic mass is 10.1. The third-order valence-corrected chi connectivity index (χ3v) is 4.32. The largest absolute Gasteiger partial charge is 0.439 e. The first kappa shape index (κ1) is 15.6. The summed E-state index contributed by atoms with van der Waals surface area (Å²) in [4.78, 5) is 18.5. The number of fused-ring (bicyclic) bond motifs is 1. The molecule has 5 heteroatoms. The highest BCUT2D eigenvalue weighted by Gasteiger charge is 2.20. The summed E-state index contributed by atoms with van der Waals surface area (Å²) in [5.41, 5.74) is 3.58. The Bertz CT molecular complexity index is 848. The SMILES string of the molecule is O=C(CN1Cc2ccccc2C1)NCc1ncc(-c2ccccc2)o1. The van der Waals surface area contributed by atoms with Crippen molar-refractivity contribution in [1.29, 1.82) is 0 Å². The molecule has 0 radical (unpaired) electrons. The zero-order chi connectivity index (χ0) is 17.1. The molecule has 5 nitrogen and oxygen atoms in total. The van der Waals surface area contributed by atoms with Gasteiger partial charge in [-0.2, -0.15) is 0 Å². The van der Waals surface area contributed by atoms with Gasteiger partial charge in [0.05, 0.1) is 19.3 Å². The average molecular weight is 333 g/mol. The van der Waals surface area contributed by atoms with Crippen LogP contribution in [0.2, 0.25) is 0 Å². The lowest BCUT2D eigenvalue weighted by molar-refractivity contribution is -0.122. The van der Waals surface area contributed by atoms with Gasteiger partial charge in [-0.05, 0) is 11.1 Å². The first-order valence-corrected chi connectivity index (χ1v) is 8.34. The van der Waals surface area contributed by atoms with Crippen molar-refractivity contribution in [2.45, 2.75) is 19.6 Å². The Morgan fingerprint density at radius 2 is 1.72 bits per heavy atom. The van der Waals surface area contributed by atoms with Crippen LogP contribution in [0.5, 0.6) is 0 Å². The van der Waals surface area contributed by atoms with E-state index in [1.165, 1.54) is 11.1 Å². The van der Waals surface area contributed by atoms with Gasteiger partial charge in [-0.1, -0.05) is 54.6 Å². The third-order valence-electron chi connectivity index (χ3n) is 4.32. The molecule has 0 bridgehead atoms.